The van der Waals surface area contributed by atoms with Gasteiger partial charge in [-0.2, -0.15) is 4.68 Å². The maximum Gasteiger partial charge on any atom is 0.318 e. The number of amides is 3. The molecule has 3 N–H and O–H groups in total. The minimum atomic E-state index is -0.883. The lowest BCUT2D eigenvalue weighted by Gasteiger charge is -2.11. The molecule has 0 spiro atoms. The number of aryl methyl sites for hydroxylation is 2. The number of hydrogen-bond acceptors (Lipinski definition) is 6. The molecule has 116 valence electrons. The van der Waals surface area contributed by atoms with E-state index in [1.807, 2.05) is 37.4 Å². The van der Waals surface area contributed by atoms with Crippen LogP contribution in [0.25, 0.3) is 5.69 Å². The number of thioether (sulfide) groups is 1. The second-order valence-corrected chi connectivity index (χ2v) is 6.08. The van der Waals surface area contributed by atoms with E-state index in [-0.39, 0.29) is 0 Å². The maximum absolute atomic E-state index is 11.7. The van der Waals surface area contributed by atoms with Crippen LogP contribution in [0.15, 0.2) is 23.4 Å². The SMILES string of the molecule is Cc1ccc(-n2nnnc2S[C@@H](C)C(=O)NC(N)=O)c(C)c1. The molecule has 22 heavy (non-hydrogen) atoms. The van der Waals surface area contributed by atoms with E-state index in [0.717, 1.165) is 28.6 Å². The number of hydrogen-bond donors (Lipinski definition) is 2. The number of nitrogens with zero attached hydrogens (tertiary/aromatic N) is 4. The molecule has 0 saturated heterocycles. The minimum Gasteiger partial charge on any atom is -0.351 e. The number of rotatable bonds is 4. The van der Waals surface area contributed by atoms with Gasteiger partial charge in [-0.15, -0.1) is 5.10 Å². The molecule has 3 amide bonds. The first-order chi connectivity index (χ1) is 10.4. The summed E-state index contributed by atoms with van der Waals surface area (Å²) in [6, 6.07) is 5.02. The second-order valence-electron chi connectivity index (χ2n) is 4.78. The van der Waals surface area contributed by atoms with E-state index < -0.39 is 17.2 Å². The molecule has 9 heteroatoms. The van der Waals surface area contributed by atoms with Gasteiger partial charge in [-0.1, -0.05) is 29.5 Å². The van der Waals surface area contributed by atoms with Crippen LogP contribution in [0.1, 0.15) is 18.1 Å². The first-order valence-corrected chi connectivity index (χ1v) is 7.39. The Morgan fingerprint density at radius 1 is 1.36 bits per heavy atom. The molecule has 0 aliphatic heterocycles. The van der Waals surface area contributed by atoms with Crippen molar-refractivity contribution in [3.8, 4) is 5.69 Å². The van der Waals surface area contributed by atoms with Crippen LogP contribution < -0.4 is 11.1 Å². The molecule has 2 rings (SSSR count). The van der Waals surface area contributed by atoms with E-state index in [1.165, 1.54) is 0 Å². The van der Waals surface area contributed by atoms with E-state index >= 15 is 0 Å². The number of carbonyl (C=O) groups excluding carboxylic acids is 2. The molecule has 0 bridgehead atoms. The monoisotopic (exact) mass is 320 g/mol. The Morgan fingerprint density at radius 2 is 2.09 bits per heavy atom. The van der Waals surface area contributed by atoms with Crippen molar-refractivity contribution in [3.05, 3.63) is 29.3 Å². The highest BCUT2D eigenvalue weighted by Gasteiger charge is 2.20. The third-order valence-electron chi connectivity index (χ3n) is 2.92. The van der Waals surface area contributed by atoms with Gasteiger partial charge in [0.15, 0.2) is 0 Å². The van der Waals surface area contributed by atoms with Crippen LogP contribution in [0.5, 0.6) is 0 Å². The zero-order valence-electron chi connectivity index (χ0n) is 12.4. The number of aromatic nitrogens is 4. The van der Waals surface area contributed by atoms with Gasteiger partial charge < -0.3 is 5.73 Å². The number of carbonyl (C=O) groups is 2. The summed E-state index contributed by atoms with van der Waals surface area (Å²) in [4.78, 5) is 22.4. The molecular weight excluding hydrogens is 304 g/mol. The third-order valence-corrected chi connectivity index (χ3v) is 3.95. The molecule has 0 aliphatic carbocycles. The maximum atomic E-state index is 11.7. The molecule has 1 heterocycles. The summed E-state index contributed by atoms with van der Waals surface area (Å²) in [5.74, 6) is -0.493. The van der Waals surface area contributed by atoms with Crippen LogP contribution in [0.2, 0.25) is 0 Å². The second kappa shape index (κ2) is 6.56. The molecule has 1 aromatic heterocycles. The average Bonchev–Trinajstić information content (AvgIpc) is 2.86. The number of imide groups is 1. The molecule has 2 aromatic rings. The van der Waals surface area contributed by atoms with Crippen molar-refractivity contribution < 1.29 is 9.59 Å². The number of urea groups is 1. The zero-order valence-corrected chi connectivity index (χ0v) is 13.2. The Hall–Kier alpha value is -2.42. The van der Waals surface area contributed by atoms with Crippen LogP contribution >= 0.6 is 11.8 Å². The zero-order chi connectivity index (χ0) is 16.3. The number of benzene rings is 1. The largest absolute Gasteiger partial charge is 0.351 e. The van der Waals surface area contributed by atoms with Crippen LogP contribution in [-0.4, -0.2) is 37.4 Å². The molecule has 0 saturated carbocycles. The summed E-state index contributed by atoms with van der Waals surface area (Å²) in [5, 5.41) is 13.5. The highest BCUT2D eigenvalue weighted by molar-refractivity contribution is 8.00. The van der Waals surface area contributed by atoms with Crippen molar-refractivity contribution >= 4 is 23.7 Å². The van der Waals surface area contributed by atoms with E-state index in [2.05, 4.69) is 15.5 Å². The normalized spacial score (nSPS) is 12.0. The van der Waals surface area contributed by atoms with Crippen molar-refractivity contribution in [1.29, 1.82) is 0 Å². The fraction of sp³-hybridized carbons (Fsp3) is 0.308. The van der Waals surface area contributed by atoms with Gasteiger partial charge in [0.25, 0.3) is 0 Å². The van der Waals surface area contributed by atoms with Gasteiger partial charge in [0.05, 0.1) is 10.9 Å². The summed E-state index contributed by atoms with van der Waals surface area (Å²) in [7, 11) is 0. The van der Waals surface area contributed by atoms with Crippen molar-refractivity contribution in [2.75, 3.05) is 0 Å². The fourth-order valence-electron chi connectivity index (χ4n) is 1.88. The molecule has 0 fully saturated rings. The average molecular weight is 320 g/mol. The number of primary amides is 1. The van der Waals surface area contributed by atoms with Gasteiger partial charge in [0, 0.05) is 0 Å². The molecule has 0 aliphatic rings. The van der Waals surface area contributed by atoms with Crippen LogP contribution in [0, 0.1) is 13.8 Å². The lowest BCUT2D eigenvalue weighted by molar-refractivity contribution is -0.119. The predicted molar refractivity (Wildman–Crippen MR) is 81.7 cm³/mol. The van der Waals surface area contributed by atoms with E-state index in [0.29, 0.717) is 5.16 Å². The minimum absolute atomic E-state index is 0.457. The molecule has 1 aromatic carbocycles. The third kappa shape index (κ3) is 3.61. The predicted octanol–water partition coefficient (Wildman–Crippen LogP) is 0.955. The lowest BCUT2D eigenvalue weighted by atomic mass is 10.1. The Balaban J connectivity index is 2.23. The molecule has 0 unspecified atom stereocenters. The molecule has 1 atom stereocenters. The summed E-state index contributed by atoms with van der Waals surface area (Å²) >= 11 is 1.14. The van der Waals surface area contributed by atoms with Gasteiger partial charge in [0.1, 0.15) is 0 Å². The summed E-state index contributed by atoms with van der Waals surface area (Å²) in [6.45, 7) is 5.61. The molecule has 0 radical (unpaired) electrons. The van der Waals surface area contributed by atoms with Gasteiger partial charge in [-0.3, -0.25) is 10.1 Å². The number of nitrogens with one attached hydrogen (secondary N) is 1. The number of tetrazole rings is 1. The van der Waals surface area contributed by atoms with Gasteiger partial charge >= 0.3 is 6.03 Å². The Labute approximate surface area is 131 Å². The summed E-state index contributed by atoms with van der Waals surface area (Å²) in [5.41, 5.74) is 7.92. The Kier molecular flexibility index (Phi) is 4.76. The smallest absolute Gasteiger partial charge is 0.318 e. The lowest BCUT2D eigenvalue weighted by Crippen LogP contribution is -2.39. The van der Waals surface area contributed by atoms with Crippen LogP contribution in [0.3, 0.4) is 0 Å². The van der Waals surface area contributed by atoms with Crippen LogP contribution in [-0.2, 0) is 4.79 Å². The number of nitrogens with two attached hydrogens (primary N) is 1. The summed E-state index contributed by atoms with van der Waals surface area (Å²) in [6.07, 6.45) is 0. The van der Waals surface area contributed by atoms with Gasteiger partial charge in [0.2, 0.25) is 11.1 Å². The van der Waals surface area contributed by atoms with Crippen molar-refractivity contribution in [2.24, 2.45) is 5.73 Å². The van der Waals surface area contributed by atoms with E-state index in [9.17, 15) is 9.59 Å². The van der Waals surface area contributed by atoms with E-state index in [4.69, 9.17) is 5.73 Å². The molecular formula is C13H16N6O2S. The van der Waals surface area contributed by atoms with Crippen LogP contribution in [0.4, 0.5) is 4.79 Å². The van der Waals surface area contributed by atoms with Gasteiger partial charge in [-0.05, 0) is 42.8 Å². The fourth-order valence-corrected chi connectivity index (χ4v) is 2.68. The molecule has 8 nitrogen and oxygen atoms in total. The first kappa shape index (κ1) is 16.0. The van der Waals surface area contributed by atoms with Crippen molar-refractivity contribution in [3.63, 3.8) is 0 Å². The summed E-state index contributed by atoms with van der Waals surface area (Å²) < 4.78 is 1.56. The van der Waals surface area contributed by atoms with Crippen molar-refractivity contribution in [1.82, 2.24) is 25.5 Å². The Bertz CT molecular complexity index is 714. The highest BCUT2D eigenvalue weighted by atomic mass is 32.2. The topological polar surface area (TPSA) is 116 Å². The highest BCUT2D eigenvalue weighted by Crippen LogP contribution is 2.24. The van der Waals surface area contributed by atoms with Gasteiger partial charge in [-0.25, -0.2) is 4.79 Å². The Morgan fingerprint density at radius 3 is 2.73 bits per heavy atom. The quantitative estimate of drug-likeness (QED) is 0.810. The van der Waals surface area contributed by atoms with E-state index in [1.54, 1.807) is 11.6 Å². The van der Waals surface area contributed by atoms with Crippen molar-refractivity contribution in [2.45, 2.75) is 31.2 Å². The standard InChI is InChI=1S/C13H16N6O2S/c1-7-4-5-10(8(2)6-7)19-13(16-17-18-19)22-9(3)11(20)15-12(14)21/h4-6,9H,1-3H3,(H3,14,15,20,21)/t9-/m0/s1. The first-order valence-electron chi connectivity index (χ1n) is 6.51.